The molecule has 0 spiro atoms. The molecule has 24 heavy (non-hydrogen) atoms. The number of aromatic nitrogens is 3. The van der Waals surface area contributed by atoms with E-state index in [0.717, 1.165) is 5.82 Å². The highest BCUT2D eigenvalue weighted by Crippen LogP contribution is 2.32. The first-order chi connectivity index (χ1) is 11.7. The molecule has 4 rings (SSSR count). The van der Waals surface area contributed by atoms with Crippen molar-refractivity contribution in [2.45, 2.75) is 6.92 Å². The second-order valence-corrected chi connectivity index (χ2v) is 5.30. The van der Waals surface area contributed by atoms with Crippen LogP contribution in [0.25, 0.3) is 5.65 Å². The lowest BCUT2D eigenvalue weighted by Gasteiger charge is -2.19. The fourth-order valence-corrected chi connectivity index (χ4v) is 2.53. The van der Waals surface area contributed by atoms with Gasteiger partial charge in [-0.1, -0.05) is 0 Å². The maximum atomic E-state index is 12.2. The number of hydrogen-bond donors (Lipinski definition) is 2. The van der Waals surface area contributed by atoms with Crippen molar-refractivity contribution in [1.82, 2.24) is 14.6 Å². The Morgan fingerprint density at radius 2 is 1.96 bits per heavy atom. The third-order valence-corrected chi connectivity index (χ3v) is 3.65. The molecule has 122 valence electrons. The van der Waals surface area contributed by atoms with E-state index in [1.165, 1.54) is 0 Å². The molecule has 8 nitrogen and oxygen atoms in total. The number of pyridine rings is 1. The first kappa shape index (κ1) is 14.3. The van der Waals surface area contributed by atoms with Gasteiger partial charge in [0.15, 0.2) is 17.1 Å². The van der Waals surface area contributed by atoms with E-state index < -0.39 is 0 Å². The minimum atomic E-state index is -0.375. The molecule has 1 aromatic carbocycles. The van der Waals surface area contributed by atoms with Gasteiger partial charge in [-0.05, 0) is 31.2 Å². The lowest BCUT2D eigenvalue weighted by atomic mass is 10.2. The molecule has 0 unspecified atom stereocenters. The average molecular weight is 325 g/mol. The molecule has 0 saturated carbocycles. The lowest BCUT2D eigenvalue weighted by Crippen LogP contribution is -2.20. The second-order valence-electron chi connectivity index (χ2n) is 5.30. The molecule has 0 aliphatic carbocycles. The molecule has 0 radical (unpaired) electrons. The standard InChI is InChI=1S/C16H15N5O3/c1-10-19-20-15-12(3-2-6-21(10)15)18-16(22)17-11-4-5-13-14(9-11)24-8-7-23-13/h2-6,9H,7-8H2,1H3,(H2,17,18,22). The van der Waals surface area contributed by atoms with E-state index in [0.29, 0.717) is 41.7 Å². The first-order valence-corrected chi connectivity index (χ1v) is 7.49. The van der Waals surface area contributed by atoms with Gasteiger partial charge >= 0.3 is 6.03 Å². The summed E-state index contributed by atoms with van der Waals surface area (Å²) in [6, 6.07) is 8.48. The number of aryl methyl sites for hydroxylation is 1. The van der Waals surface area contributed by atoms with E-state index in [-0.39, 0.29) is 6.03 Å². The number of nitrogens with one attached hydrogen (secondary N) is 2. The van der Waals surface area contributed by atoms with Crippen molar-refractivity contribution in [3.63, 3.8) is 0 Å². The van der Waals surface area contributed by atoms with Crippen LogP contribution >= 0.6 is 0 Å². The van der Waals surface area contributed by atoms with Crippen molar-refractivity contribution in [3.05, 3.63) is 42.4 Å². The smallest absolute Gasteiger partial charge is 0.323 e. The number of urea groups is 1. The molecule has 2 N–H and O–H groups in total. The number of hydrogen-bond acceptors (Lipinski definition) is 5. The maximum Gasteiger partial charge on any atom is 0.323 e. The fraction of sp³-hybridized carbons (Fsp3) is 0.188. The molecule has 2 aromatic heterocycles. The number of ether oxygens (including phenoxy) is 2. The van der Waals surface area contributed by atoms with E-state index in [2.05, 4.69) is 20.8 Å². The Kier molecular flexibility index (Phi) is 3.42. The third kappa shape index (κ3) is 2.58. The van der Waals surface area contributed by atoms with Gasteiger partial charge < -0.3 is 20.1 Å². The van der Waals surface area contributed by atoms with Gasteiger partial charge in [0.1, 0.15) is 19.0 Å². The zero-order valence-corrected chi connectivity index (χ0v) is 12.9. The normalized spacial score (nSPS) is 12.9. The van der Waals surface area contributed by atoms with Crippen molar-refractivity contribution in [3.8, 4) is 11.5 Å². The van der Waals surface area contributed by atoms with Gasteiger partial charge in [-0.3, -0.25) is 4.40 Å². The van der Waals surface area contributed by atoms with Crippen LogP contribution in [0, 0.1) is 6.92 Å². The summed E-state index contributed by atoms with van der Waals surface area (Å²) in [6.45, 7) is 2.87. The zero-order chi connectivity index (χ0) is 16.5. The van der Waals surface area contributed by atoms with E-state index in [9.17, 15) is 4.79 Å². The Balaban J connectivity index is 1.52. The Hall–Kier alpha value is -3.29. The van der Waals surface area contributed by atoms with Crippen LogP contribution in [0.1, 0.15) is 5.82 Å². The van der Waals surface area contributed by atoms with Crippen LogP contribution in [-0.2, 0) is 0 Å². The highest BCUT2D eigenvalue weighted by molar-refractivity contribution is 6.02. The van der Waals surface area contributed by atoms with Gasteiger partial charge in [-0.2, -0.15) is 0 Å². The molecule has 8 heteroatoms. The monoisotopic (exact) mass is 325 g/mol. The maximum absolute atomic E-state index is 12.2. The number of rotatable bonds is 2. The molecule has 0 atom stereocenters. The summed E-state index contributed by atoms with van der Waals surface area (Å²) in [6.07, 6.45) is 1.84. The minimum absolute atomic E-state index is 0.375. The van der Waals surface area contributed by atoms with Crippen LogP contribution in [0.2, 0.25) is 0 Å². The summed E-state index contributed by atoms with van der Waals surface area (Å²) in [5, 5.41) is 13.6. The van der Waals surface area contributed by atoms with E-state index in [1.807, 2.05) is 19.2 Å². The molecular formula is C16H15N5O3. The summed E-state index contributed by atoms with van der Waals surface area (Å²) in [5.74, 6) is 2.05. The molecule has 0 fully saturated rings. The molecule has 1 aliphatic rings. The Bertz CT molecular complexity index is 921. The van der Waals surface area contributed by atoms with Crippen LogP contribution in [-0.4, -0.2) is 33.8 Å². The number of nitrogens with zero attached hydrogens (tertiary/aromatic N) is 3. The Morgan fingerprint density at radius 3 is 2.83 bits per heavy atom. The van der Waals surface area contributed by atoms with Gasteiger partial charge in [-0.25, -0.2) is 4.79 Å². The molecule has 0 bridgehead atoms. The fourth-order valence-electron chi connectivity index (χ4n) is 2.53. The van der Waals surface area contributed by atoms with Crippen LogP contribution in [0.5, 0.6) is 11.5 Å². The molecular weight excluding hydrogens is 310 g/mol. The average Bonchev–Trinajstić information content (AvgIpc) is 2.97. The van der Waals surface area contributed by atoms with Gasteiger partial charge in [0.2, 0.25) is 0 Å². The van der Waals surface area contributed by atoms with Gasteiger partial charge in [0.05, 0.1) is 5.69 Å². The largest absolute Gasteiger partial charge is 0.486 e. The van der Waals surface area contributed by atoms with Crippen molar-refractivity contribution < 1.29 is 14.3 Å². The van der Waals surface area contributed by atoms with Crippen molar-refractivity contribution >= 4 is 23.1 Å². The highest BCUT2D eigenvalue weighted by atomic mass is 16.6. The third-order valence-electron chi connectivity index (χ3n) is 3.65. The van der Waals surface area contributed by atoms with Crippen LogP contribution < -0.4 is 20.1 Å². The number of carbonyl (C=O) groups excluding carboxylic acids is 1. The van der Waals surface area contributed by atoms with Crippen molar-refractivity contribution in [2.75, 3.05) is 23.8 Å². The molecule has 2 amide bonds. The van der Waals surface area contributed by atoms with E-state index in [1.54, 1.807) is 28.7 Å². The summed E-state index contributed by atoms with van der Waals surface area (Å²) in [5.41, 5.74) is 1.78. The van der Waals surface area contributed by atoms with Crippen molar-refractivity contribution in [1.29, 1.82) is 0 Å². The lowest BCUT2D eigenvalue weighted by molar-refractivity contribution is 0.171. The summed E-state index contributed by atoms with van der Waals surface area (Å²) in [4.78, 5) is 12.2. The Morgan fingerprint density at radius 1 is 1.12 bits per heavy atom. The van der Waals surface area contributed by atoms with E-state index in [4.69, 9.17) is 9.47 Å². The molecule has 3 heterocycles. The van der Waals surface area contributed by atoms with Crippen molar-refractivity contribution in [2.24, 2.45) is 0 Å². The summed E-state index contributed by atoms with van der Waals surface area (Å²) in [7, 11) is 0. The van der Waals surface area contributed by atoms with Crippen LogP contribution in [0.4, 0.5) is 16.2 Å². The predicted octanol–water partition coefficient (Wildman–Crippen LogP) is 2.45. The number of anilines is 2. The quantitative estimate of drug-likeness (QED) is 0.755. The topological polar surface area (TPSA) is 89.8 Å². The summed E-state index contributed by atoms with van der Waals surface area (Å²) < 4.78 is 12.8. The number of amides is 2. The minimum Gasteiger partial charge on any atom is -0.486 e. The van der Waals surface area contributed by atoms with E-state index >= 15 is 0 Å². The summed E-state index contributed by atoms with van der Waals surface area (Å²) >= 11 is 0. The zero-order valence-electron chi connectivity index (χ0n) is 12.9. The predicted molar refractivity (Wildman–Crippen MR) is 87.8 cm³/mol. The van der Waals surface area contributed by atoms with Crippen LogP contribution in [0.15, 0.2) is 36.5 Å². The van der Waals surface area contributed by atoms with Gasteiger partial charge in [-0.15, -0.1) is 10.2 Å². The first-order valence-electron chi connectivity index (χ1n) is 7.49. The SMILES string of the molecule is Cc1nnc2c(NC(=O)Nc3ccc4c(c3)OCCO4)cccn12. The molecule has 0 saturated heterocycles. The number of fused-ring (bicyclic) bond motifs is 2. The second kappa shape index (κ2) is 5.73. The van der Waals surface area contributed by atoms with Gasteiger partial charge in [0.25, 0.3) is 0 Å². The number of benzene rings is 1. The highest BCUT2D eigenvalue weighted by Gasteiger charge is 2.14. The Labute approximate surface area is 137 Å². The number of carbonyl (C=O) groups is 1. The molecule has 1 aliphatic heterocycles. The van der Waals surface area contributed by atoms with Gasteiger partial charge in [0, 0.05) is 18.0 Å². The van der Waals surface area contributed by atoms with Crippen LogP contribution in [0.3, 0.4) is 0 Å². The molecule has 3 aromatic rings.